The minimum atomic E-state index is -0.144. The molecule has 0 fully saturated rings. The van der Waals surface area contributed by atoms with E-state index < -0.39 is 0 Å². The molecule has 0 aliphatic heterocycles. The number of halogens is 1. The number of benzene rings is 1. The van der Waals surface area contributed by atoms with Crippen LogP contribution >= 0.6 is 15.9 Å². The fraction of sp³-hybridized carbons (Fsp3) is 0.357. The lowest BCUT2D eigenvalue weighted by Crippen LogP contribution is -2.18. The van der Waals surface area contributed by atoms with E-state index in [0.29, 0.717) is 0 Å². The second-order valence-electron chi connectivity index (χ2n) is 4.48. The van der Waals surface area contributed by atoms with Crippen LogP contribution in [0.1, 0.15) is 36.2 Å². The molecule has 1 aromatic heterocycles. The third kappa shape index (κ3) is 2.65. The van der Waals surface area contributed by atoms with Crippen molar-refractivity contribution in [2.45, 2.75) is 32.9 Å². The Balaban J connectivity index is 2.35. The van der Waals surface area contributed by atoms with Gasteiger partial charge >= 0.3 is 0 Å². The Labute approximate surface area is 116 Å². The SMILES string of the molecule is CCCn1nccc1C(N)c1ccc(C)cc1Br. The van der Waals surface area contributed by atoms with Gasteiger partial charge in [-0.3, -0.25) is 4.68 Å². The van der Waals surface area contributed by atoms with Gasteiger partial charge in [-0.1, -0.05) is 35.0 Å². The van der Waals surface area contributed by atoms with Crippen LogP contribution in [0.4, 0.5) is 0 Å². The molecule has 0 bridgehead atoms. The van der Waals surface area contributed by atoms with Gasteiger partial charge in [0.15, 0.2) is 0 Å². The van der Waals surface area contributed by atoms with Gasteiger partial charge in [-0.25, -0.2) is 0 Å². The monoisotopic (exact) mass is 307 g/mol. The molecule has 0 spiro atoms. The van der Waals surface area contributed by atoms with E-state index in [-0.39, 0.29) is 6.04 Å². The summed E-state index contributed by atoms with van der Waals surface area (Å²) >= 11 is 3.59. The first-order valence-corrected chi connectivity index (χ1v) is 6.96. The summed E-state index contributed by atoms with van der Waals surface area (Å²) in [5.74, 6) is 0. The van der Waals surface area contributed by atoms with E-state index in [1.54, 1.807) is 0 Å². The lowest BCUT2D eigenvalue weighted by atomic mass is 10.0. The number of nitrogens with zero attached hydrogens (tertiary/aromatic N) is 2. The highest BCUT2D eigenvalue weighted by molar-refractivity contribution is 9.10. The maximum atomic E-state index is 6.35. The highest BCUT2D eigenvalue weighted by Crippen LogP contribution is 2.27. The summed E-state index contributed by atoms with van der Waals surface area (Å²) in [6.45, 7) is 5.11. The van der Waals surface area contributed by atoms with Crippen LogP contribution in [0.25, 0.3) is 0 Å². The normalized spacial score (nSPS) is 12.7. The Morgan fingerprint density at radius 1 is 1.39 bits per heavy atom. The van der Waals surface area contributed by atoms with Gasteiger partial charge in [0.25, 0.3) is 0 Å². The molecule has 0 saturated carbocycles. The van der Waals surface area contributed by atoms with Crippen molar-refractivity contribution in [3.63, 3.8) is 0 Å². The quantitative estimate of drug-likeness (QED) is 0.940. The molecular formula is C14H18BrN3. The van der Waals surface area contributed by atoms with Gasteiger partial charge < -0.3 is 5.73 Å². The predicted molar refractivity (Wildman–Crippen MR) is 77.4 cm³/mol. The molecule has 1 unspecified atom stereocenters. The molecule has 1 atom stereocenters. The summed E-state index contributed by atoms with van der Waals surface area (Å²) in [6.07, 6.45) is 2.86. The number of aromatic nitrogens is 2. The summed E-state index contributed by atoms with van der Waals surface area (Å²) in [7, 11) is 0. The van der Waals surface area contributed by atoms with Crippen molar-refractivity contribution in [2.75, 3.05) is 0 Å². The molecule has 96 valence electrons. The second kappa shape index (κ2) is 5.67. The zero-order valence-corrected chi connectivity index (χ0v) is 12.3. The molecule has 18 heavy (non-hydrogen) atoms. The highest BCUT2D eigenvalue weighted by Gasteiger charge is 2.16. The van der Waals surface area contributed by atoms with E-state index in [1.165, 1.54) is 5.56 Å². The van der Waals surface area contributed by atoms with E-state index in [4.69, 9.17) is 5.73 Å². The molecule has 0 aliphatic rings. The van der Waals surface area contributed by atoms with Crippen LogP contribution in [-0.2, 0) is 6.54 Å². The summed E-state index contributed by atoms with van der Waals surface area (Å²) in [5.41, 5.74) is 9.73. The first-order valence-electron chi connectivity index (χ1n) is 6.16. The van der Waals surface area contributed by atoms with E-state index in [1.807, 2.05) is 16.9 Å². The van der Waals surface area contributed by atoms with Gasteiger partial charge in [0.2, 0.25) is 0 Å². The molecule has 0 radical (unpaired) electrons. The summed E-state index contributed by atoms with van der Waals surface area (Å²) < 4.78 is 3.04. The molecule has 0 saturated heterocycles. The fourth-order valence-corrected chi connectivity index (χ4v) is 2.79. The van der Waals surface area contributed by atoms with Crippen molar-refractivity contribution >= 4 is 15.9 Å². The van der Waals surface area contributed by atoms with Crippen LogP contribution in [0.15, 0.2) is 34.9 Å². The van der Waals surface area contributed by atoms with Crippen molar-refractivity contribution in [1.29, 1.82) is 0 Å². The molecule has 1 aromatic carbocycles. The first kappa shape index (κ1) is 13.3. The first-order chi connectivity index (χ1) is 8.63. The molecule has 2 N–H and O–H groups in total. The molecule has 4 heteroatoms. The van der Waals surface area contributed by atoms with Gasteiger partial charge in [0, 0.05) is 17.2 Å². The third-order valence-corrected chi connectivity index (χ3v) is 3.68. The van der Waals surface area contributed by atoms with Crippen LogP contribution in [0.5, 0.6) is 0 Å². The summed E-state index contributed by atoms with van der Waals surface area (Å²) in [4.78, 5) is 0. The van der Waals surface area contributed by atoms with Crippen LogP contribution in [-0.4, -0.2) is 9.78 Å². The number of nitrogens with two attached hydrogens (primary N) is 1. The van der Waals surface area contributed by atoms with Crippen LogP contribution < -0.4 is 5.73 Å². The minimum Gasteiger partial charge on any atom is -0.319 e. The van der Waals surface area contributed by atoms with E-state index in [9.17, 15) is 0 Å². The Hall–Kier alpha value is -1.13. The predicted octanol–water partition coefficient (Wildman–Crippen LogP) is 3.41. The van der Waals surface area contributed by atoms with E-state index in [2.05, 4.69) is 53.1 Å². The fourth-order valence-electron chi connectivity index (χ4n) is 2.05. The lowest BCUT2D eigenvalue weighted by Gasteiger charge is -2.16. The van der Waals surface area contributed by atoms with E-state index >= 15 is 0 Å². The molecular weight excluding hydrogens is 290 g/mol. The Morgan fingerprint density at radius 3 is 2.83 bits per heavy atom. The van der Waals surface area contributed by atoms with Crippen molar-refractivity contribution in [3.05, 3.63) is 51.8 Å². The van der Waals surface area contributed by atoms with Crippen molar-refractivity contribution in [2.24, 2.45) is 5.73 Å². The Kier molecular flexibility index (Phi) is 4.19. The molecule has 0 amide bonds. The average molecular weight is 308 g/mol. The minimum absolute atomic E-state index is 0.144. The second-order valence-corrected chi connectivity index (χ2v) is 5.34. The van der Waals surface area contributed by atoms with Gasteiger partial charge in [0.05, 0.1) is 11.7 Å². The molecule has 1 heterocycles. The Morgan fingerprint density at radius 2 is 2.17 bits per heavy atom. The van der Waals surface area contributed by atoms with Gasteiger partial charge in [-0.15, -0.1) is 0 Å². The van der Waals surface area contributed by atoms with Gasteiger partial charge in [-0.2, -0.15) is 5.10 Å². The summed E-state index contributed by atoms with van der Waals surface area (Å²) in [6, 6.07) is 8.10. The van der Waals surface area contributed by atoms with Crippen molar-refractivity contribution in [3.8, 4) is 0 Å². The van der Waals surface area contributed by atoms with Crippen LogP contribution in [0.3, 0.4) is 0 Å². The van der Waals surface area contributed by atoms with Crippen LogP contribution in [0, 0.1) is 6.92 Å². The molecule has 0 aliphatic carbocycles. The number of hydrogen-bond acceptors (Lipinski definition) is 2. The Bertz CT molecular complexity index is 534. The number of rotatable bonds is 4. The zero-order valence-electron chi connectivity index (χ0n) is 10.7. The highest BCUT2D eigenvalue weighted by atomic mass is 79.9. The van der Waals surface area contributed by atoms with Gasteiger partial charge in [-0.05, 0) is 36.6 Å². The topological polar surface area (TPSA) is 43.8 Å². The van der Waals surface area contributed by atoms with Crippen molar-refractivity contribution in [1.82, 2.24) is 9.78 Å². The smallest absolute Gasteiger partial charge is 0.0734 e. The standard InChI is InChI=1S/C14H18BrN3/c1-3-8-18-13(6-7-17-18)14(16)11-5-4-10(2)9-12(11)15/h4-7,9,14H,3,8,16H2,1-2H3. The largest absolute Gasteiger partial charge is 0.319 e. The van der Waals surface area contributed by atoms with Crippen LogP contribution in [0.2, 0.25) is 0 Å². The van der Waals surface area contributed by atoms with E-state index in [0.717, 1.165) is 28.7 Å². The lowest BCUT2D eigenvalue weighted by molar-refractivity contribution is 0.559. The number of aryl methyl sites for hydroxylation is 2. The molecule has 2 aromatic rings. The molecule has 3 nitrogen and oxygen atoms in total. The maximum absolute atomic E-state index is 6.35. The zero-order chi connectivity index (χ0) is 13.1. The van der Waals surface area contributed by atoms with Crippen molar-refractivity contribution < 1.29 is 0 Å². The number of hydrogen-bond donors (Lipinski definition) is 1. The maximum Gasteiger partial charge on any atom is 0.0734 e. The van der Waals surface area contributed by atoms with Gasteiger partial charge in [0.1, 0.15) is 0 Å². The molecule has 2 rings (SSSR count). The average Bonchev–Trinajstić information content (AvgIpc) is 2.77. The summed E-state index contributed by atoms with van der Waals surface area (Å²) in [5, 5.41) is 4.32. The third-order valence-electron chi connectivity index (χ3n) is 2.99.